The monoisotopic (exact) mass is 135 g/mol. The van der Waals surface area contributed by atoms with E-state index in [0.29, 0.717) is 5.92 Å². The van der Waals surface area contributed by atoms with Crippen molar-refractivity contribution in [3.63, 3.8) is 0 Å². The van der Waals surface area contributed by atoms with Crippen LogP contribution in [-0.2, 0) is 0 Å². The van der Waals surface area contributed by atoms with Crippen molar-refractivity contribution in [1.82, 2.24) is 10.4 Å². The van der Waals surface area contributed by atoms with E-state index in [1.165, 1.54) is 0 Å². The summed E-state index contributed by atoms with van der Waals surface area (Å²) in [6, 6.07) is 2.30. The van der Waals surface area contributed by atoms with Crippen LogP contribution in [0.5, 0.6) is 0 Å². The Labute approximate surface area is 59.9 Å². The molecule has 0 spiro atoms. The zero-order valence-corrected chi connectivity index (χ0v) is 5.62. The number of hydrazine groups is 1. The van der Waals surface area contributed by atoms with Crippen LogP contribution in [0.2, 0.25) is 0 Å². The second-order valence-corrected chi connectivity index (χ2v) is 2.79. The Morgan fingerprint density at radius 3 is 3.20 bits per heavy atom. The molecule has 0 amide bonds. The molecule has 0 radical (unpaired) electrons. The molecular formula is C7H9N3. The predicted octanol–water partition coefficient (Wildman–Crippen LogP) is 0.0899. The SMILES string of the molecule is N#CC1CN2CC1C=CN2. The summed E-state index contributed by atoms with van der Waals surface area (Å²) in [5.41, 5.74) is 3.08. The van der Waals surface area contributed by atoms with Gasteiger partial charge in [-0.25, -0.2) is 5.01 Å². The lowest BCUT2D eigenvalue weighted by atomic mass is 9.98. The highest BCUT2D eigenvalue weighted by atomic mass is 15.5. The smallest absolute Gasteiger partial charge is 0.0685 e. The Bertz CT molecular complexity index is 203. The topological polar surface area (TPSA) is 39.1 Å². The highest BCUT2D eigenvalue weighted by Crippen LogP contribution is 2.24. The molecule has 10 heavy (non-hydrogen) atoms. The second-order valence-electron chi connectivity index (χ2n) is 2.79. The minimum absolute atomic E-state index is 0.200. The maximum atomic E-state index is 8.67. The molecule has 1 fully saturated rings. The average molecular weight is 135 g/mol. The summed E-state index contributed by atoms with van der Waals surface area (Å²) in [5, 5.41) is 10.8. The summed E-state index contributed by atoms with van der Waals surface area (Å²) in [4.78, 5) is 0. The van der Waals surface area contributed by atoms with E-state index in [9.17, 15) is 0 Å². The third-order valence-corrected chi connectivity index (χ3v) is 2.13. The molecule has 1 N–H and O–H groups in total. The first-order chi connectivity index (χ1) is 4.90. The van der Waals surface area contributed by atoms with Crippen molar-refractivity contribution in [2.24, 2.45) is 11.8 Å². The Hall–Kier alpha value is -1.01. The summed E-state index contributed by atoms with van der Waals surface area (Å²) >= 11 is 0. The molecule has 0 saturated carbocycles. The van der Waals surface area contributed by atoms with Gasteiger partial charge in [0.05, 0.1) is 12.0 Å². The molecule has 2 aliphatic heterocycles. The zero-order chi connectivity index (χ0) is 6.97. The quantitative estimate of drug-likeness (QED) is 0.511. The van der Waals surface area contributed by atoms with E-state index in [-0.39, 0.29) is 5.92 Å². The van der Waals surface area contributed by atoms with Gasteiger partial charge in [0.1, 0.15) is 0 Å². The molecule has 0 aliphatic carbocycles. The van der Waals surface area contributed by atoms with Gasteiger partial charge in [0.25, 0.3) is 0 Å². The molecule has 3 unspecified atom stereocenters. The molecule has 3 nitrogen and oxygen atoms in total. The molecule has 2 bridgehead atoms. The maximum Gasteiger partial charge on any atom is 0.0685 e. The summed E-state index contributed by atoms with van der Waals surface area (Å²) in [5.74, 6) is 0.664. The van der Waals surface area contributed by atoms with Crippen molar-refractivity contribution in [2.45, 2.75) is 0 Å². The van der Waals surface area contributed by atoms with Crippen molar-refractivity contribution in [1.29, 1.82) is 5.26 Å². The predicted molar refractivity (Wildman–Crippen MR) is 36.4 cm³/mol. The first-order valence-corrected chi connectivity index (χ1v) is 3.47. The van der Waals surface area contributed by atoms with E-state index in [1.807, 2.05) is 6.20 Å². The Morgan fingerprint density at radius 2 is 2.50 bits per heavy atom. The average Bonchev–Trinajstić information content (AvgIpc) is 2.26. The van der Waals surface area contributed by atoms with Gasteiger partial charge < -0.3 is 5.43 Å². The summed E-state index contributed by atoms with van der Waals surface area (Å²) < 4.78 is 0. The van der Waals surface area contributed by atoms with Crippen LogP contribution in [0.15, 0.2) is 12.3 Å². The van der Waals surface area contributed by atoms with Crippen LogP contribution in [0.4, 0.5) is 0 Å². The maximum absolute atomic E-state index is 8.67. The molecule has 0 aromatic carbocycles. The first-order valence-electron chi connectivity index (χ1n) is 3.47. The minimum Gasteiger partial charge on any atom is -0.326 e. The van der Waals surface area contributed by atoms with Gasteiger partial charge in [0.2, 0.25) is 0 Å². The fraction of sp³-hybridized carbons (Fsp3) is 0.571. The minimum atomic E-state index is 0.200. The molecule has 2 heterocycles. The summed E-state index contributed by atoms with van der Waals surface area (Å²) in [7, 11) is 0. The van der Waals surface area contributed by atoms with Gasteiger partial charge in [-0.2, -0.15) is 5.26 Å². The summed E-state index contributed by atoms with van der Waals surface area (Å²) in [6.45, 7) is 1.86. The van der Waals surface area contributed by atoms with Crippen molar-refractivity contribution >= 4 is 0 Å². The van der Waals surface area contributed by atoms with E-state index in [4.69, 9.17) is 5.26 Å². The number of nitriles is 1. The molecule has 3 heteroatoms. The normalized spacial score (nSPS) is 42.5. The lowest BCUT2D eigenvalue weighted by Crippen LogP contribution is -2.33. The largest absolute Gasteiger partial charge is 0.326 e. The van der Waals surface area contributed by atoms with Crippen LogP contribution < -0.4 is 5.43 Å². The molecule has 3 atom stereocenters. The number of rotatable bonds is 0. The van der Waals surface area contributed by atoms with Gasteiger partial charge in [-0.05, 0) is 0 Å². The first kappa shape index (κ1) is 5.75. The molecule has 52 valence electrons. The summed E-state index contributed by atoms with van der Waals surface area (Å²) in [6.07, 6.45) is 4.00. The van der Waals surface area contributed by atoms with Crippen molar-refractivity contribution < 1.29 is 0 Å². The lowest BCUT2D eigenvalue weighted by molar-refractivity contribution is 0.261. The van der Waals surface area contributed by atoms with Gasteiger partial charge in [0, 0.05) is 25.2 Å². The Morgan fingerprint density at radius 1 is 1.60 bits per heavy atom. The third-order valence-electron chi connectivity index (χ3n) is 2.13. The Balaban J connectivity index is 2.19. The standard InChI is InChI=1S/C7H9N3/c8-3-7-5-10-4-6(7)1-2-9-10/h1-2,6-7,9H,4-5H2. The number of hydrogen-bond acceptors (Lipinski definition) is 3. The third kappa shape index (κ3) is 0.695. The van der Waals surface area contributed by atoms with Crippen LogP contribution in [0.25, 0.3) is 0 Å². The fourth-order valence-electron chi connectivity index (χ4n) is 1.54. The van der Waals surface area contributed by atoms with Gasteiger partial charge >= 0.3 is 0 Å². The number of nitrogens with one attached hydrogen (secondary N) is 1. The molecule has 2 rings (SSSR count). The number of nitrogens with zero attached hydrogens (tertiary/aromatic N) is 2. The van der Waals surface area contributed by atoms with E-state index in [1.54, 1.807) is 0 Å². The fourth-order valence-corrected chi connectivity index (χ4v) is 1.54. The van der Waals surface area contributed by atoms with Crippen molar-refractivity contribution in [2.75, 3.05) is 13.1 Å². The van der Waals surface area contributed by atoms with Gasteiger partial charge in [0.15, 0.2) is 0 Å². The highest BCUT2D eigenvalue weighted by Gasteiger charge is 2.32. The lowest BCUT2D eigenvalue weighted by Gasteiger charge is -2.17. The zero-order valence-electron chi connectivity index (χ0n) is 5.62. The molecular weight excluding hydrogens is 126 g/mol. The number of hydrogen-bond donors (Lipinski definition) is 1. The van der Waals surface area contributed by atoms with Gasteiger partial charge in [-0.3, -0.25) is 0 Å². The van der Waals surface area contributed by atoms with E-state index < -0.39 is 0 Å². The Kier molecular flexibility index (Phi) is 1.15. The van der Waals surface area contributed by atoms with E-state index >= 15 is 0 Å². The molecule has 0 aromatic heterocycles. The van der Waals surface area contributed by atoms with Crippen LogP contribution in [0, 0.1) is 23.2 Å². The molecule has 0 aromatic rings. The van der Waals surface area contributed by atoms with E-state index in [0.717, 1.165) is 13.1 Å². The van der Waals surface area contributed by atoms with Crippen LogP contribution >= 0.6 is 0 Å². The van der Waals surface area contributed by atoms with Crippen LogP contribution in [-0.4, -0.2) is 18.1 Å². The molecule has 1 saturated heterocycles. The van der Waals surface area contributed by atoms with Crippen LogP contribution in [0.3, 0.4) is 0 Å². The van der Waals surface area contributed by atoms with Crippen molar-refractivity contribution in [3.05, 3.63) is 12.3 Å². The molecule has 2 aliphatic rings. The van der Waals surface area contributed by atoms with Crippen molar-refractivity contribution in [3.8, 4) is 6.07 Å². The second kappa shape index (κ2) is 1.99. The van der Waals surface area contributed by atoms with Crippen LogP contribution in [0.1, 0.15) is 0 Å². The number of fused-ring (bicyclic) bond motifs is 2. The van der Waals surface area contributed by atoms with E-state index in [2.05, 4.69) is 22.6 Å². The van der Waals surface area contributed by atoms with Gasteiger partial charge in [-0.15, -0.1) is 0 Å². The van der Waals surface area contributed by atoms with Gasteiger partial charge in [-0.1, -0.05) is 6.08 Å². The highest BCUT2D eigenvalue weighted by molar-refractivity contribution is 5.07.